The number of rotatable bonds is 2. The van der Waals surface area contributed by atoms with Crippen LogP contribution in [0.3, 0.4) is 0 Å². The molecule has 0 aliphatic heterocycles. The number of anilines is 1. The molecule has 0 atom stereocenters. The minimum Gasteiger partial charge on any atom is -0.508 e. The molecule has 1 amide bonds. The maximum atomic E-state index is 12.1. The minimum absolute atomic E-state index is 0.0400. The number of phenols is 1. The first-order valence-electron chi connectivity index (χ1n) is 5.95. The number of carbonyl (C=O) groups is 1. The fourth-order valence-electron chi connectivity index (χ4n) is 2.16. The Kier molecular flexibility index (Phi) is 3.23. The Morgan fingerprint density at radius 1 is 1.20 bits per heavy atom. The first-order valence-corrected chi connectivity index (χ1v) is 5.95. The molecule has 5 N–H and O–H groups in total. The van der Waals surface area contributed by atoms with Crippen LogP contribution in [0.2, 0.25) is 0 Å². The monoisotopic (exact) mass is 273 g/mol. The molecule has 1 aromatic carbocycles. The third kappa shape index (κ3) is 2.01. The average molecular weight is 273 g/mol. The SMILES string of the molecule is Cc1ccc(O)c(C)c1-n1c(N)c(C(N)=O)ccc1=O. The summed E-state index contributed by atoms with van der Waals surface area (Å²) in [7, 11) is 0. The van der Waals surface area contributed by atoms with Crippen LogP contribution in [0.4, 0.5) is 5.82 Å². The van der Waals surface area contributed by atoms with E-state index in [1.165, 1.54) is 22.8 Å². The van der Waals surface area contributed by atoms with Gasteiger partial charge < -0.3 is 16.6 Å². The largest absolute Gasteiger partial charge is 0.508 e. The molecule has 0 aliphatic carbocycles. The van der Waals surface area contributed by atoms with E-state index in [0.29, 0.717) is 11.3 Å². The zero-order chi connectivity index (χ0) is 15.0. The van der Waals surface area contributed by atoms with Gasteiger partial charge in [-0.15, -0.1) is 0 Å². The smallest absolute Gasteiger partial charge is 0.256 e. The molecule has 1 heterocycles. The van der Waals surface area contributed by atoms with Crippen LogP contribution >= 0.6 is 0 Å². The summed E-state index contributed by atoms with van der Waals surface area (Å²) in [5.74, 6) is -0.713. The van der Waals surface area contributed by atoms with Gasteiger partial charge in [-0.3, -0.25) is 14.2 Å². The predicted molar refractivity (Wildman–Crippen MR) is 76.1 cm³/mol. The highest BCUT2D eigenvalue weighted by molar-refractivity contribution is 5.97. The van der Waals surface area contributed by atoms with Gasteiger partial charge in [-0.05, 0) is 31.5 Å². The molecule has 0 unspecified atom stereocenters. The van der Waals surface area contributed by atoms with Crippen molar-refractivity contribution in [2.24, 2.45) is 5.73 Å². The Labute approximate surface area is 115 Å². The number of phenolic OH excluding ortho intramolecular Hbond substituents is 1. The second-order valence-corrected chi connectivity index (χ2v) is 4.55. The Hall–Kier alpha value is -2.76. The molecule has 0 saturated carbocycles. The Morgan fingerprint density at radius 3 is 2.45 bits per heavy atom. The third-order valence-corrected chi connectivity index (χ3v) is 3.22. The number of carbonyl (C=O) groups excluding carboxylic acids is 1. The fraction of sp³-hybridized carbons (Fsp3) is 0.143. The molecule has 0 radical (unpaired) electrons. The zero-order valence-electron chi connectivity index (χ0n) is 11.2. The summed E-state index contributed by atoms with van der Waals surface area (Å²) in [6.07, 6.45) is 0. The third-order valence-electron chi connectivity index (χ3n) is 3.22. The molecule has 0 spiro atoms. The van der Waals surface area contributed by atoms with Crippen molar-refractivity contribution in [3.8, 4) is 11.4 Å². The molecular formula is C14H15N3O3. The van der Waals surface area contributed by atoms with Crippen molar-refractivity contribution in [2.75, 3.05) is 5.73 Å². The molecule has 2 rings (SSSR count). The number of amides is 1. The van der Waals surface area contributed by atoms with E-state index < -0.39 is 11.5 Å². The Bertz CT molecular complexity index is 763. The van der Waals surface area contributed by atoms with E-state index >= 15 is 0 Å². The number of aromatic hydroxyl groups is 1. The Morgan fingerprint density at radius 2 is 1.85 bits per heavy atom. The Balaban J connectivity index is 2.90. The van der Waals surface area contributed by atoms with E-state index in [1.54, 1.807) is 19.9 Å². The number of nitrogens with two attached hydrogens (primary N) is 2. The normalized spacial score (nSPS) is 10.5. The average Bonchev–Trinajstić information content (AvgIpc) is 2.37. The number of nitrogen functional groups attached to an aromatic ring is 1. The lowest BCUT2D eigenvalue weighted by molar-refractivity contribution is 0.100. The molecule has 6 nitrogen and oxygen atoms in total. The van der Waals surface area contributed by atoms with Crippen molar-refractivity contribution in [1.29, 1.82) is 0 Å². The summed E-state index contributed by atoms with van der Waals surface area (Å²) in [6, 6.07) is 5.72. The van der Waals surface area contributed by atoms with Crippen molar-refractivity contribution in [3.63, 3.8) is 0 Å². The molecule has 0 bridgehead atoms. The highest BCUT2D eigenvalue weighted by atomic mass is 16.3. The lowest BCUT2D eigenvalue weighted by atomic mass is 10.1. The van der Waals surface area contributed by atoms with Crippen LogP contribution in [0.1, 0.15) is 21.5 Å². The molecule has 0 fully saturated rings. The number of hydrogen-bond donors (Lipinski definition) is 3. The van der Waals surface area contributed by atoms with Crippen LogP contribution in [-0.2, 0) is 0 Å². The van der Waals surface area contributed by atoms with Gasteiger partial charge in [0.2, 0.25) is 0 Å². The molecule has 104 valence electrons. The number of hydrogen-bond acceptors (Lipinski definition) is 4. The van der Waals surface area contributed by atoms with Crippen LogP contribution in [0.25, 0.3) is 5.69 Å². The van der Waals surface area contributed by atoms with E-state index in [2.05, 4.69) is 0 Å². The molecular weight excluding hydrogens is 258 g/mol. The zero-order valence-corrected chi connectivity index (χ0v) is 11.2. The second-order valence-electron chi connectivity index (χ2n) is 4.55. The van der Waals surface area contributed by atoms with Gasteiger partial charge in [0.15, 0.2) is 0 Å². The summed E-state index contributed by atoms with van der Waals surface area (Å²) >= 11 is 0. The number of aryl methyl sites for hydroxylation is 1. The van der Waals surface area contributed by atoms with E-state index in [9.17, 15) is 14.7 Å². The number of primary amides is 1. The summed E-state index contributed by atoms with van der Waals surface area (Å²) in [4.78, 5) is 23.4. The van der Waals surface area contributed by atoms with Gasteiger partial charge in [0.05, 0.1) is 11.3 Å². The maximum Gasteiger partial charge on any atom is 0.256 e. The molecule has 2 aromatic rings. The quantitative estimate of drug-likeness (QED) is 0.752. The minimum atomic E-state index is -0.716. The van der Waals surface area contributed by atoms with Crippen LogP contribution in [-0.4, -0.2) is 15.6 Å². The van der Waals surface area contributed by atoms with Crippen molar-refractivity contribution in [1.82, 2.24) is 4.57 Å². The second kappa shape index (κ2) is 4.73. The van der Waals surface area contributed by atoms with Crippen LogP contribution in [0, 0.1) is 13.8 Å². The van der Waals surface area contributed by atoms with E-state index in [0.717, 1.165) is 5.56 Å². The fourth-order valence-corrected chi connectivity index (χ4v) is 2.16. The molecule has 0 saturated heterocycles. The van der Waals surface area contributed by atoms with Gasteiger partial charge in [-0.1, -0.05) is 6.07 Å². The standard InChI is InChI=1S/C14H15N3O3/c1-7-3-5-10(18)8(2)12(7)17-11(19)6-4-9(13(17)15)14(16)20/h3-6,18H,15H2,1-2H3,(H2,16,20). The highest BCUT2D eigenvalue weighted by Crippen LogP contribution is 2.27. The van der Waals surface area contributed by atoms with Crippen molar-refractivity contribution in [2.45, 2.75) is 13.8 Å². The number of pyridine rings is 1. The number of nitrogens with zero attached hydrogens (tertiary/aromatic N) is 1. The summed E-state index contributed by atoms with van der Waals surface area (Å²) in [5.41, 5.74) is 12.5. The van der Waals surface area contributed by atoms with Gasteiger partial charge in [-0.2, -0.15) is 0 Å². The van der Waals surface area contributed by atoms with Gasteiger partial charge >= 0.3 is 0 Å². The van der Waals surface area contributed by atoms with Crippen LogP contribution in [0.5, 0.6) is 5.75 Å². The van der Waals surface area contributed by atoms with E-state index in [1.807, 2.05) is 0 Å². The first-order chi connectivity index (χ1) is 9.34. The highest BCUT2D eigenvalue weighted by Gasteiger charge is 2.17. The number of benzene rings is 1. The molecule has 1 aromatic heterocycles. The number of aromatic nitrogens is 1. The van der Waals surface area contributed by atoms with Gasteiger partial charge in [-0.25, -0.2) is 0 Å². The van der Waals surface area contributed by atoms with Gasteiger partial charge in [0.1, 0.15) is 11.6 Å². The maximum absolute atomic E-state index is 12.1. The van der Waals surface area contributed by atoms with Crippen molar-refractivity contribution in [3.05, 3.63) is 51.3 Å². The van der Waals surface area contributed by atoms with Gasteiger partial charge in [0, 0.05) is 11.6 Å². The lowest BCUT2D eigenvalue weighted by Crippen LogP contribution is -2.26. The lowest BCUT2D eigenvalue weighted by Gasteiger charge is -2.17. The summed E-state index contributed by atoms with van der Waals surface area (Å²) in [6.45, 7) is 3.45. The van der Waals surface area contributed by atoms with Gasteiger partial charge in [0.25, 0.3) is 11.5 Å². The van der Waals surface area contributed by atoms with Crippen LogP contribution in [0.15, 0.2) is 29.1 Å². The van der Waals surface area contributed by atoms with Crippen molar-refractivity contribution < 1.29 is 9.90 Å². The summed E-state index contributed by atoms with van der Waals surface area (Å²) < 4.78 is 1.18. The molecule has 20 heavy (non-hydrogen) atoms. The predicted octanol–water partition coefficient (Wildman–Crippen LogP) is 0.841. The topological polar surface area (TPSA) is 111 Å². The molecule has 6 heteroatoms. The van der Waals surface area contributed by atoms with E-state index in [-0.39, 0.29) is 17.1 Å². The van der Waals surface area contributed by atoms with Crippen LogP contribution < -0.4 is 17.0 Å². The van der Waals surface area contributed by atoms with Crippen molar-refractivity contribution >= 4 is 11.7 Å². The summed E-state index contributed by atoms with van der Waals surface area (Å²) in [5, 5.41) is 9.80. The molecule has 0 aliphatic rings. The van der Waals surface area contributed by atoms with E-state index in [4.69, 9.17) is 11.5 Å². The first kappa shape index (κ1) is 13.7.